The first kappa shape index (κ1) is 21.2. The van der Waals surface area contributed by atoms with Gasteiger partial charge in [-0.15, -0.1) is 0 Å². The Morgan fingerprint density at radius 3 is 2.55 bits per heavy atom. The zero-order valence-corrected chi connectivity index (χ0v) is 19.0. The van der Waals surface area contributed by atoms with Crippen molar-refractivity contribution < 1.29 is 14.3 Å². The van der Waals surface area contributed by atoms with E-state index in [4.69, 9.17) is 9.72 Å². The quantitative estimate of drug-likeness (QED) is 0.385. The van der Waals surface area contributed by atoms with Gasteiger partial charge >= 0.3 is 0 Å². The van der Waals surface area contributed by atoms with Crippen LogP contribution >= 0.6 is 11.3 Å². The number of aryl methyl sites for hydroxylation is 1. The zero-order valence-electron chi connectivity index (χ0n) is 18.2. The average molecular weight is 458 g/mol. The number of aromatic nitrogens is 1. The Labute approximate surface area is 196 Å². The van der Waals surface area contributed by atoms with E-state index in [9.17, 15) is 9.59 Å². The van der Waals surface area contributed by atoms with E-state index in [1.165, 1.54) is 11.3 Å². The number of ether oxygens (including phenoxy) is 1. The summed E-state index contributed by atoms with van der Waals surface area (Å²) < 4.78 is 6.85. The molecule has 0 spiro atoms. The molecule has 2 heterocycles. The van der Waals surface area contributed by atoms with Crippen LogP contribution in [0, 0.1) is 6.92 Å². The van der Waals surface area contributed by atoms with Gasteiger partial charge in [0, 0.05) is 18.7 Å². The fourth-order valence-corrected chi connectivity index (χ4v) is 4.96. The van der Waals surface area contributed by atoms with Crippen molar-refractivity contribution in [1.29, 1.82) is 0 Å². The number of anilines is 3. The molecular weight excluding hydrogens is 434 g/mol. The molecule has 0 atom stereocenters. The van der Waals surface area contributed by atoms with Crippen molar-refractivity contribution in [2.24, 2.45) is 0 Å². The molecule has 33 heavy (non-hydrogen) atoms. The first-order valence-corrected chi connectivity index (χ1v) is 11.7. The van der Waals surface area contributed by atoms with Crippen LogP contribution in [0.1, 0.15) is 18.4 Å². The molecule has 7 heteroatoms. The molecule has 5 rings (SSSR count). The van der Waals surface area contributed by atoms with Crippen molar-refractivity contribution in [2.45, 2.75) is 19.8 Å². The zero-order chi connectivity index (χ0) is 22.8. The lowest BCUT2D eigenvalue weighted by molar-refractivity contribution is -0.120. The maximum absolute atomic E-state index is 13.4. The molecule has 1 aliphatic rings. The SMILES string of the molecule is Cc1ccccc1N(C(=O)COc1ccc(N2CCCC2=O)cc1)c1nc2ccccc2s1. The van der Waals surface area contributed by atoms with Gasteiger partial charge in [0.1, 0.15) is 5.75 Å². The first-order chi connectivity index (χ1) is 16.1. The topological polar surface area (TPSA) is 62.7 Å². The minimum atomic E-state index is -0.206. The van der Waals surface area contributed by atoms with Crippen molar-refractivity contribution >= 4 is 49.9 Å². The molecule has 0 bridgehead atoms. The maximum Gasteiger partial charge on any atom is 0.271 e. The Bertz CT molecular complexity index is 1280. The number of nitrogens with zero attached hydrogens (tertiary/aromatic N) is 3. The highest BCUT2D eigenvalue weighted by Gasteiger charge is 2.24. The minimum Gasteiger partial charge on any atom is -0.484 e. The van der Waals surface area contributed by atoms with Gasteiger partial charge in [0.25, 0.3) is 5.91 Å². The third-order valence-electron chi connectivity index (χ3n) is 5.66. The first-order valence-electron chi connectivity index (χ1n) is 10.9. The number of fused-ring (bicyclic) bond motifs is 1. The van der Waals surface area contributed by atoms with Gasteiger partial charge in [-0.25, -0.2) is 4.98 Å². The highest BCUT2D eigenvalue weighted by Crippen LogP contribution is 2.35. The maximum atomic E-state index is 13.4. The molecule has 0 saturated carbocycles. The molecule has 1 saturated heterocycles. The van der Waals surface area contributed by atoms with Crippen LogP contribution in [0.25, 0.3) is 10.2 Å². The number of hydrogen-bond acceptors (Lipinski definition) is 5. The monoisotopic (exact) mass is 457 g/mol. The van der Waals surface area contributed by atoms with E-state index in [0.717, 1.165) is 40.1 Å². The summed E-state index contributed by atoms with van der Waals surface area (Å²) in [5.74, 6) is 0.512. The highest BCUT2D eigenvalue weighted by molar-refractivity contribution is 7.22. The lowest BCUT2D eigenvalue weighted by atomic mass is 10.2. The molecule has 0 radical (unpaired) electrons. The number of rotatable bonds is 6. The van der Waals surface area contributed by atoms with E-state index in [1.807, 2.05) is 67.6 Å². The molecule has 1 fully saturated rings. The third kappa shape index (κ3) is 4.32. The molecule has 0 N–H and O–H groups in total. The average Bonchev–Trinajstić information content (AvgIpc) is 3.45. The number of amides is 2. The van der Waals surface area contributed by atoms with Crippen molar-refractivity contribution in [1.82, 2.24) is 4.98 Å². The minimum absolute atomic E-state index is 0.133. The summed E-state index contributed by atoms with van der Waals surface area (Å²) in [6, 6.07) is 22.9. The smallest absolute Gasteiger partial charge is 0.271 e. The van der Waals surface area contributed by atoms with Crippen LogP contribution in [0.15, 0.2) is 72.8 Å². The number of carbonyl (C=O) groups is 2. The third-order valence-corrected chi connectivity index (χ3v) is 6.69. The number of benzene rings is 3. The Kier molecular flexibility index (Phi) is 5.79. The van der Waals surface area contributed by atoms with Crippen LogP contribution in [-0.4, -0.2) is 29.9 Å². The van der Waals surface area contributed by atoms with E-state index >= 15 is 0 Å². The molecule has 3 aromatic carbocycles. The van der Waals surface area contributed by atoms with Crippen LogP contribution in [0.2, 0.25) is 0 Å². The summed E-state index contributed by atoms with van der Waals surface area (Å²) in [4.78, 5) is 33.4. The van der Waals surface area contributed by atoms with Crippen molar-refractivity contribution in [2.75, 3.05) is 23.0 Å². The molecule has 1 aromatic heterocycles. The second-order valence-corrected chi connectivity index (χ2v) is 8.92. The lowest BCUT2D eigenvalue weighted by Gasteiger charge is -2.22. The molecular formula is C26H23N3O3S. The predicted octanol–water partition coefficient (Wildman–Crippen LogP) is 5.48. The largest absolute Gasteiger partial charge is 0.484 e. The van der Waals surface area contributed by atoms with Crippen molar-refractivity contribution in [3.05, 3.63) is 78.4 Å². The Morgan fingerprint density at radius 2 is 1.82 bits per heavy atom. The number of thiazole rings is 1. The molecule has 2 amide bonds. The van der Waals surface area contributed by atoms with Crippen molar-refractivity contribution in [3.8, 4) is 5.75 Å². The van der Waals surface area contributed by atoms with E-state index in [2.05, 4.69) is 0 Å². The summed E-state index contributed by atoms with van der Waals surface area (Å²) >= 11 is 1.48. The summed E-state index contributed by atoms with van der Waals surface area (Å²) in [5.41, 5.74) is 3.47. The summed E-state index contributed by atoms with van der Waals surface area (Å²) in [6.45, 7) is 2.58. The van der Waals surface area contributed by atoms with Crippen LogP contribution in [0.4, 0.5) is 16.5 Å². The molecule has 0 aliphatic carbocycles. The molecule has 1 aliphatic heterocycles. The van der Waals surface area contributed by atoms with Gasteiger partial charge in [0.2, 0.25) is 5.91 Å². The second-order valence-electron chi connectivity index (χ2n) is 7.91. The molecule has 6 nitrogen and oxygen atoms in total. The predicted molar refractivity (Wildman–Crippen MR) is 131 cm³/mol. The Morgan fingerprint density at radius 1 is 1.06 bits per heavy atom. The highest BCUT2D eigenvalue weighted by atomic mass is 32.1. The summed E-state index contributed by atoms with van der Waals surface area (Å²) in [6.07, 6.45) is 1.47. The molecule has 166 valence electrons. The van der Waals surface area contributed by atoms with Crippen molar-refractivity contribution in [3.63, 3.8) is 0 Å². The summed E-state index contributed by atoms with van der Waals surface area (Å²) in [7, 11) is 0. The fraction of sp³-hybridized carbons (Fsp3) is 0.192. The lowest BCUT2D eigenvalue weighted by Crippen LogP contribution is -2.31. The Hall–Kier alpha value is -3.71. The van der Waals surface area contributed by atoms with Gasteiger partial charge < -0.3 is 9.64 Å². The van der Waals surface area contributed by atoms with Gasteiger partial charge in [-0.2, -0.15) is 0 Å². The number of carbonyl (C=O) groups excluding carboxylic acids is 2. The van der Waals surface area contributed by atoms with Gasteiger partial charge in [0.15, 0.2) is 11.7 Å². The van der Waals surface area contributed by atoms with Crippen LogP contribution in [0.5, 0.6) is 5.75 Å². The fourth-order valence-electron chi connectivity index (χ4n) is 3.97. The van der Waals surface area contributed by atoms with Crippen LogP contribution in [-0.2, 0) is 9.59 Å². The molecule has 4 aromatic rings. The second kappa shape index (κ2) is 9.03. The summed E-state index contributed by atoms with van der Waals surface area (Å²) in [5, 5.41) is 0.613. The van der Waals surface area contributed by atoms with E-state index < -0.39 is 0 Å². The van der Waals surface area contributed by atoms with E-state index in [-0.39, 0.29) is 18.4 Å². The van der Waals surface area contributed by atoms with Crippen LogP contribution in [0.3, 0.4) is 0 Å². The van der Waals surface area contributed by atoms with E-state index in [1.54, 1.807) is 21.9 Å². The Balaban J connectivity index is 1.37. The molecule has 0 unspecified atom stereocenters. The van der Waals surface area contributed by atoms with Gasteiger partial charge in [0.05, 0.1) is 15.9 Å². The standard InChI is InChI=1S/C26H23N3O3S/c1-18-7-2-4-9-22(18)29(26-27-21-8-3-5-10-23(21)33-26)25(31)17-32-20-14-12-19(13-15-20)28-16-6-11-24(28)30/h2-5,7-10,12-15H,6,11,16-17H2,1H3. The van der Waals surface area contributed by atoms with Gasteiger partial charge in [-0.1, -0.05) is 41.7 Å². The number of para-hydroxylation sites is 2. The number of hydrogen-bond donors (Lipinski definition) is 0. The van der Waals surface area contributed by atoms with Gasteiger partial charge in [-0.3, -0.25) is 14.5 Å². The van der Waals surface area contributed by atoms with E-state index in [0.29, 0.717) is 17.3 Å². The van der Waals surface area contributed by atoms with Crippen LogP contribution < -0.4 is 14.5 Å². The normalized spacial score (nSPS) is 13.5. The van der Waals surface area contributed by atoms with Gasteiger partial charge in [-0.05, 0) is 61.4 Å².